The highest BCUT2D eigenvalue weighted by molar-refractivity contribution is 9.10. The van der Waals surface area contributed by atoms with E-state index in [0.29, 0.717) is 10.3 Å². The van der Waals surface area contributed by atoms with Gasteiger partial charge in [-0.25, -0.2) is 4.98 Å². The van der Waals surface area contributed by atoms with Gasteiger partial charge in [-0.15, -0.1) is 0 Å². The summed E-state index contributed by atoms with van der Waals surface area (Å²) < 4.78 is 1.70. The Kier molecular flexibility index (Phi) is 3.62. The summed E-state index contributed by atoms with van der Waals surface area (Å²) in [4.78, 5) is 28.5. The van der Waals surface area contributed by atoms with Gasteiger partial charge in [-0.1, -0.05) is 0 Å². The lowest BCUT2D eigenvalue weighted by molar-refractivity contribution is -0.129. The smallest absolute Gasteiger partial charge is 0.268 e. The Labute approximate surface area is 95.9 Å². The standard InChI is InChI=1S/C9H12BrN3O2/c1-6-11-4-7(10)9(15)13(6)5-8(14)12(2)3/h4H,5H2,1-3H3. The highest BCUT2D eigenvalue weighted by atomic mass is 79.9. The monoisotopic (exact) mass is 273 g/mol. The lowest BCUT2D eigenvalue weighted by Gasteiger charge is -2.13. The summed E-state index contributed by atoms with van der Waals surface area (Å²) in [5, 5.41) is 0. The molecule has 1 aromatic heterocycles. The van der Waals surface area contributed by atoms with Crippen molar-refractivity contribution in [3.63, 3.8) is 0 Å². The number of likely N-dealkylation sites (N-methyl/N-ethyl adjacent to an activating group) is 1. The number of halogens is 1. The van der Waals surface area contributed by atoms with Gasteiger partial charge in [0.15, 0.2) is 0 Å². The van der Waals surface area contributed by atoms with E-state index in [4.69, 9.17) is 0 Å². The number of nitrogens with zero attached hydrogens (tertiary/aromatic N) is 3. The van der Waals surface area contributed by atoms with Crippen LogP contribution in [-0.2, 0) is 11.3 Å². The van der Waals surface area contributed by atoms with Gasteiger partial charge in [0.2, 0.25) is 5.91 Å². The summed E-state index contributed by atoms with van der Waals surface area (Å²) >= 11 is 3.09. The van der Waals surface area contributed by atoms with E-state index in [1.54, 1.807) is 21.0 Å². The molecule has 0 saturated carbocycles. The second kappa shape index (κ2) is 4.57. The minimum atomic E-state index is -0.238. The Morgan fingerprint density at radius 3 is 2.73 bits per heavy atom. The lowest BCUT2D eigenvalue weighted by atomic mass is 10.4. The minimum absolute atomic E-state index is 0.0180. The van der Waals surface area contributed by atoms with Crippen LogP contribution in [-0.4, -0.2) is 34.5 Å². The average Bonchev–Trinajstić information content (AvgIpc) is 2.18. The van der Waals surface area contributed by atoms with Crippen molar-refractivity contribution in [3.8, 4) is 0 Å². The largest absolute Gasteiger partial charge is 0.347 e. The molecule has 0 aliphatic carbocycles. The first-order chi connectivity index (χ1) is 6.93. The molecule has 0 aliphatic heterocycles. The fourth-order valence-corrected chi connectivity index (χ4v) is 1.33. The van der Waals surface area contributed by atoms with Crippen LogP contribution >= 0.6 is 15.9 Å². The quantitative estimate of drug-likeness (QED) is 0.784. The first-order valence-electron chi connectivity index (χ1n) is 4.35. The number of aryl methyl sites for hydroxylation is 1. The molecule has 82 valence electrons. The Morgan fingerprint density at radius 1 is 1.60 bits per heavy atom. The van der Waals surface area contributed by atoms with Crippen molar-refractivity contribution < 1.29 is 4.79 Å². The molecule has 0 saturated heterocycles. The number of rotatable bonds is 2. The Balaban J connectivity index is 3.10. The zero-order valence-electron chi connectivity index (χ0n) is 8.82. The van der Waals surface area contributed by atoms with Crippen molar-refractivity contribution in [1.29, 1.82) is 0 Å². The van der Waals surface area contributed by atoms with E-state index in [1.165, 1.54) is 15.7 Å². The number of amides is 1. The Hall–Kier alpha value is -1.17. The fourth-order valence-electron chi connectivity index (χ4n) is 1.01. The fraction of sp³-hybridized carbons (Fsp3) is 0.444. The first-order valence-corrected chi connectivity index (χ1v) is 5.15. The second-order valence-electron chi connectivity index (χ2n) is 3.33. The van der Waals surface area contributed by atoms with Gasteiger partial charge in [0.25, 0.3) is 5.56 Å². The van der Waals surface area contributed by atoms with Crippen molar-refractivity contribution in [1.82, 2.24) is 14.5 Å². The van der Waals surface area contributed by atoms with Crippen LogP contribution < -0.4 is 5.56 Å². The van der Waals surface area contributed by atoms with E-state index >= 15 is 0 Å². The van der Waals surface area contributed by atoms with Crippen LogP contribution in [0.5, 0.6) is 0 Å². The van der Waals surface area contributed by atoms with Crippen LogP contribution in [0.3, 0.4) is 0 Å². The molecule has 1 rings (SSSR count). The van der Waals surface area contributed by atoms with E-state index in [1.807, 2.05) is 0 Å². The normalized spacial score (nSPS) is 10.1. The second-order valence-corrected chi connectivity index (χ2v) is 4.19. The van der Waals surface area contributed by atoms with E-state index < -0.39 is 0 Å². The molecule has 1 aromatic rings. The van der Waals surface area contributed by atoms with Gasteiger partial charge in [-0.3, -0.25) is 14.2 Å². The van der Waals surface area contributed by atoms with Gasteiger partial charge < -0.3 is 4.90 Å². The van der Waals surface area contributed by atoms with Crippen LogP contribution in [0.2, 0.25) is 0 Å². The molecule has 1 amide bonds. The summed E-state index contributed by atoms with van der Waals surface area (Å²) in [6.07, 6.45) is 1.44. The van der Waals surface area contributed by atoms with E-state index in [-0.39, 0.29) is 18.0 Å². The van der Waals surface area contributed by atoms with Crippen molar-refractivity contribution in [2.24, 2.45) is 0 Å². The molecule has 0 radical (unpaired) electrons. The average molecular weight is 274 g/mol. The molecule has 0 aliphatic rings. The highest BCUT2D eigenvalue weighted by Crippen LogP contribution is 2.01. The van der Waals surface area contributed by atoms with Gasteiger partial charge in [-0.2, -0.15) is 0 Å². The maximum absolute atomic E-state index is 11.7. The molecular formula is C9H12BrN3O2. The molecular weight excluding hydrogens is 262 g/mol. The summed E-state index contributed by atoms with van der Waals surface area (Å²) in [6, 6.07) is 0. The van der Waals surface area contributed by atoms with Crippen molar-refractivity contribution in [2.45, 2.75) is 13.5 Å². The van der Waals surface area contributed by atoms with E-state index in [0.717, 1.165) is 0 Å². The number of carbonyl (C=O) groups excluding carboxylic acids is 1. The molecule has 1 heterocycles. The van der Waals surface area contributed by atoms with Crippen LogP contribution in [0, 0.1) is 6.92 Å². The van der Waals surface area contributed by atoms with Gasteiger partial charge >= 0.3 is 0 Å². The molecule has 0 N–H and O–H groups in total. The van der Waals surface area contributed by atoms with E-state index in [9.17, 15) is 9.59 Å². The van der Waals surface area contributed by atoms with Crippen LogP contribution in [0.25, 0.3) is 0 Å². The Bertz CT molecular complexity index is 439. The lowest BCUT2D eigenvalue weighted by Crippen LogP contribution is -2.33. The third kappa shape index (κ3) is 2.65. The number of hydrogen-bond acceptors (Lipinski definition) is 3. The molecule has 0 aromatic carbocycles. The first kappa shape index (κ1) is 11.9. The zero-order valence-corrected chi connectivity index (χ0v) is 10.4. The number of carbonyl (C=O) groups is 1. The predicted molar refractivity (Wildman–Crippen MR) is 59.6 cm³/mol. The van der Waals surface area contributed by atoms with Gasteiger partial charge in [0, 0.05) is 20.3 Å². The molecule has 0 atom stereocenters. The summed E-state index contributed by atoms with van der Waals surface area (Å²) in [6.45, 7) is 1.71. The molecule has 0 bridgehead atoms. The highest BCUT2D eigenvalue weighted by Gasteiger charge is 2.10. The molecule has 0 unspecified atom stereocenters. The number of hydrogen-bond donors (Lipinski definition) is 0. The molecule has 15 heavy (non-hydrogen) atoms. The zero-order chi connectivity index (χ0) is 11.6. The Morgan fingerprint density at radius 2 is 2.20 bits per heavy atom. The summed E-state index contributed by atoms with van der Waals surface area (Å²) in [5.74, 6) is 0.388. The summed E-state index contributed by atoms with van der Waals surface area (Å²) in [7, 11) is 3.29. The molecule has 6 heteroatoms. The van der Waals surface area contributed by atoms with Gasteiger partial charge in [0.1, 0.15) is 16.8 Å². The van der Waals surface area contributed by atoms with Gasteiger partial charge in [-0.05, 0) is 22.9 Å². The molecule has 0 fully saturated rings. The molecule has 0 spiro atoms. The minimum Gasteiger partial charge on any atom is -0.347 e. The van der Waals surface area contributed by atoms with Crippen LogP contribution in [0.15, 0.2) is 15.5 Å². The SMILES string of the molecule is Cc1ncc(Br)c(=O)n1CC(=O)N(C)C. The van der Waals surface area contributed by atoms with Crippen molar-refractivity contribution in [2.75, 3.05) is 14.1 Å². The summed E-state index contributed by atoms with van der Waals surface area (Å²) in [5.41, 5.74) is -0.238. The maximum atomic E-state index is 11.7. The van der Waals surface area contributed by atoms with Crippen LogP contribution in [0.1, 0.15) is 5.82 Å². The van der Waals surface area contributed by atoms with Crippen molar-refractivity contribution >= 4 is 21.8 Å². The van der Waals surface area contributed by atoms with E-state index in [2.05, 4.69) is 20.9 Å². The van der Waals surface area contributed by atoms with Crippen LogP contribution in [0.4, 0.5) is 0 Å². The molecule has 5 nitrogen and oxygen atoms in total. The third-order valence-corrected chi connectivity index (χ3v) is 2.54. The predicted octanol–water partition coefficient (Wildman–Crippen LogP) is 0.402. The number of aromatic nitrogens is 2. The van der Waals surface area contributed by atoms with Gasteiger partial charge in [0.05, 0.1) is 0 Å². The topological polar surface area (TPSA) is 55.2 Å². The van der Waals surface area contributed by atoms with Crippen molar-refractivity contribution in [3.05, 3.63) is 26.8 Å². The maximum Gasteiger partial charge on any atom is 0.268 e. The third-order valence-electron chi connectivity index (χ3n) is 2.00.